The van der Waals surface area contributed by atoms with Gasteiger partial charge in [-0.3, -0.25) is 4.79 Å². The van der Waals surface area contributed by atoms with Gasteiger partial charge in [0.2, 0.25) is 0 Å². The summed E-state index contributed by atoms with van der Waals surface area (Å²) < 4.78 is 22.8. The molecule has 0 saturated carbocycles. The van der Waals surface area contributed by atoms with Gasteiger partial charge < -0.3 is 23.7 Å². The Balaban J connectivity index is 0.000000255. The SMILES string of the molecule is CC1OC(=O)OC1C.CCOOC1OC(=O)OC1OC(C)=O. The van der Waals surface area contributed by atoms with E-state index in [4.69, 9.17) is 0 Å². The molecule has 0 aromatic heterocycles. The van der Waals surface area contributed by atoms with E-state index >= 15 is 0 Å². The summed E-state index contributed by atoms with van der Waals surface area (Å²) >= 11 is 0. The second-order valence-corrected chi connectivity index (χ2v) is 4.23. The van der Waals surface area contributed by atoms with Crippen LogP contribution >= 0.6 is 0 Å². The molecule has 22 heavy (non-hydrogen) atoms. The summed E-state index contributed by atoms with van der Waals surface area (Å²) in [6.07, 6.45) is -4.08. The lowest BCUT2D eigenvalue weighted by molar-refractivity contribution is -0.380. The highest BCUT2D eigenvalue weighted by Crippen LogP contribution is 2.17. The van der Waals surface area contributed by atoms with Gasteiger partial charge in [0.15, 0.2) is 0 Å². The molecule has 2 aliphatic heterocycles. The van der Waals surface area contributed by atoms with Crippen LogP contribution in [-0.2, 0) is 38.3 Å². The summed E-state index contributed by atoms with van der Waals surface area (Å²) in [5.74, 6) is -0.613. The maximum Gasteiger partial charge on any atom is 0.514 e. The summed E-state index contributed by atoms with van der Waals surface area (Å²) in [6, 6.07) is 0. The van der Waals surface area contributed by atoms with Gasteiger partial charge in [0, 0.05) is 6.92 Å². The maximum absolute atomic E-state index is 10.6. The molecule has 10 nitrogen and oxygen atoms in total. The van der Waals surface area contributed by atoms with E-state index in [-0.39, 0.29) is 18.8 Å². The van der Waals surface area contributed by atoms with Gasteiger partial charge in [-0.1, -0.05) is 0 Å². The highest BCUT2D eigenvalue weighted by Gasteiger charge is 2.41. The van der Waals surface area contributed by atoms with E-state index < -0.39 is 30.9 Å². The fourth-order valence-corrected chi connectivity index (χ4v) is 1.29. The van der Waals surface area contributed by atoms with E-state index in [2.05, 4.69) is 33.5 Å². The predicted octanol–water partition coefficient (Wildman–Crippen LogP) is 1.27. The molecule has 2 fully saturated rings. The lowest BCUT2D eigenvalue weighted by atomic mass is 10.3. The molecular formula is C12H18O10. The van der Waals surface area contributed by atoms with Gasteiger partial charge in [-0.05, 0) is 20.8 Å². The third-order valence-corrected chi connectivity index (χ3v) is 2.44. The molecule has 0 amide bonds. The van der Waals surface area contributed by atoms with E-state index in [1.165, 1.54) is 6.92 Å². The average molecular weight is 322 g/mol. The van der Waals surface area contributed by atoms with E-state index in [0.717, 1.165) is 0 Å². The zero-order chi connectivity index (χ0) is 16.7. The van der Waals surface area contributed by atoms with Crippen molar-refractivity contribution in [1.82, 2.24) is 0 Å². The molecule has 2 saturated heterocycles. The molecule has 10 heteroatoms. The van der Waals surface area contributed by atoms with Crippen LogP contribution in [0.3, 0.4) is 0 Å². The lowest BCUT2D eigenvalue weighted by Crippen LogP contribution is -2.30. The first kappa shape index (κ1) is 18.0. The van der Waals surface area contributed by atoms with Crippen molar-refractivity contribution >= 4 is 18.3 Å². The number of esters is 1. The Morgan fingerprint density at radius 1 is 1.00 bits per heavy atom. The van der Waals surface area contributed by atoms with E-state index in [9.17, 15) is 14.4 Å². The quantitative estimate of drug-likeness (QED) is 0.324. The van der Waals surface area contributed by atoms with Crippen molar-refractivity contribution in [2.75, 3.05) is 6.61 Å². The fourth-order valence-electron chi connectivity index (χ4n) is 1.29. The summed E-state index contributed by atoms with van der Waals surface area (Å²) in [7, 11) is 0. The van der Waals surface area contributed by atoms with Crippen LogP contribution in [0.2, 0.25) is 0 Å². The number of carbonyl (C=O) groups excluding carboxylic acids is 3. The standard InChI is InChI=1S/C7H10O7.C5H8O3/c1-3-10-14-6-5(11-4(2)8)12-7(9)13-6;1-3-4(2)8-5(6)7-3/h5-6H,3H2,1-2H3;3-4H,1-2H3. The van der Waals surface area contributed by atoms with E-state index in [1.54, 1.807) is 20.8 Å². The van der Waals surface area contributed by atoms with Crippen molar-refractivity contribution in [1.29, 1.82) is 0 Å². The van der Waals surface area contributed by atoms with Gasteiger partial charge in [-0.15, -0.1) is 0 Å². The van der Waals surface area contributed by atoms with Crippen molar-refractivity contribution < 1.29 is 47.8 Å². The third-order valence-electron chi connectivity index (χ3n) is 2.44. The van der Waals surface area contributed by atoms with Crippen LogP contribution in [0.1, 0.15) is 27.7 Å². The summed E-state index contributed by atoms with van der Waals surface area (Å²) in [5.41, 5.74) is 0. The molecular weight excluding hydrogens is 304 g/mol. The zero-order valence-corrected chi connectivity index (χ0v) is 12.6. The molecule has 0 N–H and O–H groups in total. The molecule has 0 aromatic rings. The maximum atomic E-state index is 10.6. The van der Waals surface area contributed by atoms with Crippen molar-refractivity contribution in [2.45, 2.75) is 52.5 Å². The van der Waals surface area contributed by atoms with Crippen molar-refractivity contribution in [3.05, 3.63) is 0 Å². The first-order chi connectivity index (χ1) is 10.3. The number of ether oxygens (including phenoxy) is 5. The molecule has 4 atom stereocenters. The Kier molecular flexibility index (Phi) is 6.86. The molecule has 2 aliphatic rings. The minimum absolute atomic E-state index is 0.0810. The number of rotatable bonds is 4. The molecule has 4 unspecified atom stereocenters. The van der Waals surface area contributed by atoms with E-state index in [0.29, 0.717) is 0 Å². The fraction of sp³-hybridized carbons (Fsp3) is 0.750. The third kappa shape index (κ3) is 5.74. The number of hydrogen-bond donors (Lipinski definition) is 0. The minimum Gasteiger partial charge on any atom is -0.427 e. The minimum atomic E-state index is -1.22. The summed E-state index contributed by atoms with van der Waals surface area (Å²) in [6.45, 7) is 6.72. The largest absolute Gasteiger partial charge is 0.514 e. The van der Waals surface area contributed by atoms with Gasteiger partial charge >= 0.3 is 30.9 Å². The Labute approximate surface area is 126 Å². The molecule has 0 radical (unpaired) electrons. The van der Waals surface area contributed by atoms with Gasteiger partial charge in [-0.25, -0.2) is 14.5 Å². The van der Waals surface area contributed by atoms with Crippen LogP contribution in [0, 0.1) is 0 Å². The predicted molar refractivity (Wildman–Crippen MR) is 66.1 cm³/mol. The smallest absolute Gasteiger partial charge is 0.427 e. The molecule has 0 aromatic carbocycles. The Morgan fingerprint density at radius 2 is 1.50 bits per heavy atom. The zero-order valence-electron chi connectivity index (χ0n) is 12.6. The first-order valence-corrected chi connectivity index (χ1v) is 6.53. The summed E-state index contributed by atoms with van der Waals surface area (Å²) in [4.78, 5) is 40.5. The Bertz CT molecular complexity index is 397. The Morgan fingerprint density at radius 3 is 1.91 bits per heavy atom. The Hall–Kier alpha value is -2.07. The molecule has 2 rings (SSSR count). The number of carbonyl (C=O) groups is 3. The monoisotopic (exact) mass is 322 g/mol. The number of cyclic esters (lactones) is 4. The molecule has 126 valence electrons. The molecule has 0 spiro atoms. The highest BCUT2D eigenvalue weighted by atomic mass is 17.2. The van der Waals surface area contributed by atoms with Crippen LogP contribution in [0.4, 0.5) is 9.59 Å². The lowest BCUT2D eigenvalue weighted by Gasteiger charge is -2.13. The van der Waals surface area contributed by atoms with Gasteiger partial charge in [0.05, 0.1) is 6.61 Å². The van der Waals surface area contributed by atoms with Gasteiger partial charge in [0.1, 0.15) is 12.2 Å². The highest BCUT2D eigenvalue weighted by molar-refractivity contribution is 5.67. The van der Waals surface area contributed by atoms with Crippen LogP contribution in [0.25, 0.3) is 0 Å². The number of hydrogen-bond acceptors (Lipinski definition) is 10. The van der Waals surface area contributed by atoms with Crippen molar-refractivity contribution in [3.63, 3.8) is 0 Å². The topological polar surface area (TPSA) is 116 Å². The van der Waals surface area contributed by atoms with E-state index in [1.807, 2.05) is 0 Å². The van der Waals surface area contributed by atoms with Crippen LogP contribution in [0.5, 0.6) is 0 Å². The van der Waals surface area contributed by atoms with Crippen molar-refractivity contribution in [3.8, 4) is 0 Å². The van der Waals surface area contributed by atoms with Crippen LogP contribution < -0.4 is 0 Å². The van der Waals surface area contributed by atoms with Gasteiger partial charge in [0.25, 0.3) is 0 Å². The molecule has 0 aliphatic carbocycles. The molecule has 0 bridgehead atoms. The average Bonchev–Trinajstić information content (AvgIpc) is 2.89. The molecule has 2 heterocycles. The second kappa shape index (κ2) is 8.39. The first-order valence-electron chi connectivity index (χ1n) is 6.53. The van der Waals surface area contributed by atoms with Crippen molar-refractivity contribution in [2.24, 2.45) is 0 Å². The van der Waals surface area contributed by atoms with Gasteiger partial charge in [-0.2, -0.15) is 4.89 Å². The van der Waals surface area contributed by atoms with Crippen LogP contribution in [-0.4, -0.2) is 49.7 Å². The normalized spacial score (nSPS) is 29.5. The van der Waals surface area contributed by atoms with Crippen LogP contribution in [0.15, 0.2) is 0 Å². The second-order valence-electron chi connectivity index (χ2n) is 4.23. The summed E-state index contributed by atoms with van der Waals surface area (Å²) in [5, 5.41) is 0.